The van der Waals surface area contributed by atoms with E-state index in [9.17, 15) is 9.59 Å². The molecule has 1 unspecified atom stereocenters. The summed E-state index contributed by atoms with van der Waals surface area (Å²) in [5, 5.41) is 0. The molecule has 1 aromatic heterocycles. The van der Waals surface area contributed by atoms with Gasteiger partial charge in [0.25, 0.3) is 0 Å². The molecule has 1 saturated carbocycles. The largest absolute Gasteiger partial charge is 0.395 e. The molecule has 1 aliphatic carbocycles. The lowest BCUT2D eigenvalue weighted by Crippen LogP contribution is -2.45. The van der Waals surface area contributed by atoms with Crippen molar-refractivity contribution in [1.82, 2.24) is 14.9 Å². The second kappa shape index (κ2) is 16.5. The second-order valence-electron chi connectivity index (χ2n) is 10.3. The van der Waals surface area contributed by atoms with Crippen LogP contribution in [0.2, 0.25) is 0 Å². The molecule has 0 amide bonds. The van der Waals surface area contributed by atoms with Crippen molar-refractivity contribution in [3.8, 4) is 0 Å². The zero-order valence-corrected chi connectivity index (χ0v) is 24.9. The SMILES string of the molecule is CC.CCCCN(CCC)c1cc(N2CCN(C)CC2)nc(/C(N)=C(\CCC)C(=O)C2CCCCC2=O)n1. The lowest BCUT2D eigenvalue weighted by atomic mass is 9.81. The molecule has 8 heteroatoms. The normalized spacial score (nSPS) is 18.9. The fraction of sp³-hybridized carbons (Fsp3) is 0.733. The van der Waals surface area contributed by atoms with Crippen molar-refractivity contribution in [3.05, 3.63) is 17.5 Å². The van der Waals surface area contributed by atoms with Gasteiger partial charge in [0.05, 0.1) is 11.6 Å². The highest BCUT2D eigenvalue weighted by atomic mass is 16.2. The summed E-state index contributed by atoms with van der Waals surface area (Å²) in [6.07, 6.45) is 7.38. The first-order valence-corrected chi connectivity index (χ1v) is 15.0. The number of aromatic nitrogens is 2. The molecule has 1 atom stereocenters. The van der Waals surface area contributed by atoms with Crippen LogP contribution in [0.15, 0.2) is 11.6 Å². The lowest BCUT2D eigenvalue weighted by molar-refractivity contribution is -0.132. The van der Waals surface area contributed by atoms with E-state index >= 15 is 0 Å². The molecular formula is C30H52N6O2. The zero-order chi connectivity index (χ0) is 28.1. The van der Waals surface area contributed by atoms with E-state index in [0.717, 1.165) is 89.4 Å². The monoisotopic (exact) mass is 528 g/mol. The maximum atomic E-state index is 13.6. The minimum absolute atomic E-state index is 0.0501. The van der Waals surface area contributed by atoms with Crippen LogP contribution in [0.5, 0.6) is 0 Å². The van der Waals surface area contributed by atoms with Crippen LogP contribution in [0, 0.1) is 5.92 Å². The van der Waals surface area contributed by atoms with Gasteiger partial charge in [0.15, 0.2) is 11.6 Å². The Morgan fingerprint density at radius 3 is 2.34 bits per heavy atom. The molecule has 2 fully saturated rings. The summed E-state index contributed by atoms with van der Waals surface area (Å²) in [7, 11) is 2.14. The number of hydrogen-bond donors (Lipinski definition) is 1. The number of nitrogens with two attached hydrogens (primary N) is 1. The van der Waals surface area contributed by atoms with Gasteiger partial charge in [-0.15, -0.1) is 0 Å². The Hall–Kier alpha value is -2.48. The molecule has 1 saturated heterocycles. The molecule has 0 bridgehead atoms. The number of carbonyl (C=O) groups excluding carboxylic acids is 2. The Kier molecular flexibility index (Phi) is 13.8. The van der Waals surface area contributed by atoms with Crippen molar-refractivity contribution >= 4 is 28.9 Å². The summed E-state index contributed by atoms with van der Waals surface area (Å²) in [5.74, 6) is 1.50. The molecule has 2 N–H and O–H groups in total. The standard InChI is InChI=1S/C28H46N6O2.C2H6/c1-5-8-15-33(14-7-3)24-20-25(34-18-16-32(4)17-19-34)31-28(30-24)26(29)22(11-6-2)27(36)21-12-9-10-13-23(21)35;1-2/h20-21H,5-19,29H2,1-4H3;1-2H3/b26-22-;. The minimum Gasteiger partial charge on any atom is -0.395 e. The highest BCUT2D eigenvalue weighted by molar-refractivity contribution is 6.13. The Labute approximate surface area is 231 Å². The van der Waals surface area contributed by atoms with E-state index in [-0.39, 0.29) is 11.6 Å². The topological polar surface area (TPSA) is 95.7 Å². The van der Waals surface area contributed by atoms with E-state index in [1.165, 1.54) is 0 Å². The molecule has 8 nitrogen and oxygen atoms in total. The van der Waals surface area contributed by atoms with Gasteiger partial charge in [-0.1, -0.05) is 53.9 Å². The summed E-state index contributed by atoms with van der Waals surface area (Å²) in [5.41, 5.74) is 7.58. The number of rotatable bonds is 12. The molecule has 0 spiro atoms. The fourth-order valence-corrected chi connectivity index (χ4v) is 5.11. The maximum Gasteiger partial charge on any atom is 0.179 e. The predicted octanol–water partition coefficient (Wildman–Crippen LogP) is 5.07. The number of piperazine rings is 1. The summed E-state index contributed by atoms with van der Waals surface area (Å²) < 4.78 is 0. The smallest absolute Gasteiger partial charge is 0.179 e. The number of Topliss-reactive ketones (excluding diaryl/α,β-unsaturated/α-hetero) is 2. The molecule has 2 aliphatic rings. The van der Waals surface area contributed by atoms with Crippen LogP contribution in [0.1, 0.15) is 98.2 Å². The van der Waals surface area contributed by atoms with Gasteiger partial charge < -0.3 is 20.4 Å². The van der Waals surface area contributed by atoms with Crippen molar-refractivity contribution in [1.29, 1.82) is 0 Å². The van der Waals surface area contributed by atoms with Gasteiger partial charge in [0.1, 0.15) is 17.4 Å². The van der Waals surface area contributed by atoms with E-state index in [2.05, 4.69) is 41.7 Å². The van der Waals surface area contributed by atoms with Gasteiger partial charge in [-0.3, -0.25) is 9.59 Å². The second-order valence-corrected chi connectivity index (χ2v) is 10.3. The molecule has 214 valence electrons. The Morgan fingerprint density at radius 1 is 1.03 bits per heavy atom. The number of anilines is 2. The highest BCUT2D eigenvalue weighted by Crippen LogP contribution is 2.29. The highest BCUT2D eigenvalue weighted by Gasteiger charge is 2.32. The van der Waals surface area contributed by atoms with Crippen molar-refractivity contribution in [2.75, 3.05) is 56.1 Å². The molecule has 1 aromatic rings. The first-order valence-electron chi connectivity index (χ1n) is 15.0. The third-order valence-corrected chi connectivity index (χ3v) is 7.36. The molecule has 1 aliphatic heterocycles. The van der Waals surface area contributed by atoms with E-state index in [4.69, 9.17) is 15.7 Å². The quantitative estimate of drug-likeness (QED) is 0.297. The minimum atomic E-state index is -0.569. The lowest BCUT2D eigenvalue weighted by Gasteiger charge is -2.34. The fourth-order valence-electron chi connectivity index (χ4n) is 5.11. The van der Waals surface area contributed by atoms with Crippen molar-refractivity contribution in [2.24, 2.45) is 11.7 Å². The van der Waals surface area contributed by atoms with Crippen LogP contribution in [0.4, 0.5) is 11.6 Å². The van der Waals surface area contributed by atoms with Crippen LogP contribution >= 0.6 is 0 Å². The zero-order valence-electron chi connectivity index (χ0n) is 24.9. The first kappa shape index (κ1) is 31.7. The third-order valence-electron chi connectivity index (χ3n) is 7.36. The number of allylic oxidation sites excluding steroid dienone is 1. The van der Waals surface area contributed by atoms with E-state index in [0.29, 0.717) is 36.4 Å². The van der Waals surface area contributed by atoms with Crippen molar-refractivity contribution in [2.45, 2.75) is 92.4 Å². The van der Waals surface area contributed by atoms with Crippen LogP contribution < -0.4 is 15.5 Å². The summed E-state index contributed by atoms with van der Waals surface area (Å²) >= 11 is 0. The Morgan fingerprint density at radius 2 is 1.74 bits per heavy atom. The predicted molar refractivity (Wildman–Crippen MR) is 158 cm³/mol. The number of hydrogen-bond acceptors (Lipinski definition) is 8. The van der Waals surface area contributed by atoms with Crippen LogP contribution in [-0.4, -0.2) is 72.8 Å². The van der Waals surface area contributed by atoms with E-state index < -0.39 is 5.92 Å². The summed E-state index contributed by atoms with van der Waals surface area (Å²) in [4.78, 5) is 42.9. The third kappa shape index (κ3) is 8.52. The van der Waals surface area contributed by atoms with Gasteiger partial charge in [-0.25, -0.2) is 9.97 Å². The molecule has 3 rings (SSSR count). The number of carbonyl (C=O) groups is 2. The average Bonchev–Trinajstić information content (AvgIpc) is 2.94. The average molecular weight is 529 g/mol. The van der Waals surface area contributed by atoms with E-state index in [1.807, 2.05) is 20.8 Å². The number of unbranched alkanes of at least 4 members (excludes halogenated alkanes) is 1. The number of likely N-dealkylation sites (N-methyl/N-ethyl adjacent to an activating group) is 1. The van der Waals surface area contributed by atoms with Gasteiger partial charge in [0, 0.05) is 57.3 Å². The summed E-state index contributed by atoms with van der Waals surface area (Å²) in [6, 6.07) is 2.08. The van der Waals surface area contributed by atoms with Crippen LogP contribution in [0.3, 0.4) is 0 Å². The Balaban J connectivity index is 0.00000247. The maximum absolute atomic E-state index is 13.6. The molecular weight excluding hydrogens is 476 g/mol. The van der Waals surface area contributed by atoms with E-state index in [1.54, 1.807) is 0 Å². The Bertz CT molecular complexity index is 923. The molecule has 0 aromatic carbocycles. The van der Waals surface area contributed by atoms with Crippen molar-refractivity contribution in [3.63, 3.8) is 0 Å². The summed E-state index contributed by atoms with van der Waals surface area (Å²) in [6.45, 7) is 15.9. The van der Waals surface area contributed by atoms with Crippen LogP contribution in [0.25, 0.3) is 5.70 Å². The van der Waals surface area contributed by atoms with Gasteiger partial charge >= 0.3 is 0 Å². The van der Waals surface area contributed by atoms with Crippen molar-refractivity contribution < 1.29 is 9.59 Å². The number of ketones is 2. The van der Waals surface area contributed by atoms with Gasteiger partial charge in [-0.2, -0.15) is 0 Å². The molecule has 2 heterocycles. The number of nitrogens with zero attached hydrogens (tertiary/aromatic N) is 5. The van der Waals surface area contributed by atoms with Gasteiger partial charge in [0.2, 0.25) is 0 Å². The molecule has 38 heavy (non-hydrogen) atoms. The first-order chi connectivity index (χ1) is 18.4. The van der Waals surface area contributed by atoms with Gasteiger partial charge in [-0.05, 0) is 39.2 Å². The molecule has 0 radical (unpaired) electrons. The van der Waals surface area contributed by atoms with Crippen LogP contribution in [-0.2, 0) is 9.59 Å².